The van der Waals surface area contributed by atoms with Crippen LogP contribution in [0.1, 0.15) is 30.7 Å². The second-order valence-corrected chi connectivity index (χ2v) is 4.12. The molecule has 1 fully saturated rings. The highest BCUT2D eigenvalue weighted by atomic mass is 35.5. The molecule has 7 heteroatoms. The van der Waals surface area contributed by atoms with Crippen LogP contribution in [0.4, 0.5) is 5.82 Å². The Bertz CT molecular complexity index is 344. The van der Waals surface area contributed by atoms with E-state index in [1.54, 1.807) is 0 Å². The van der Waals surface area contributed by atoms with Crippen LogP contribution in [0.5, 0.6) is 0 Å². The van der Waals surface area contributed by atoms with Crippen molar-refractivity contribution in [3.05, 3.63) is 17.0 Å². The first kappa shape index (κ1) is 16.7. The fourth-order valence-corrected chi connectivity index (χ4v) is 1.65. The van der Waals surface area contributed by atoms with Gasteiger partial charge < -0.3 is 11.1 Å². The number of hydrogen-bond donors (Lipinski definition) is 2. The Balaban J connectivity index is 0.00000128. The van der Waals surface area contributed by atoms with Gasteiger partial charge in [0.05, 0.1) is 0 Å². The number of nitrogens with two attached hydrogens (primary N) is 1. The van der Waals surface area contributed by atoms with Crippen molar-refractivity contribution in [2.24, 2.45) is 5.73 Å². The average molecular weight is 300 g/mol. The van der Waals surface area contributed by atoms with Crippen LogP contribution in [0.3, 0.4) is 0 Å². The first-order valence-corrected chi connectivity index (χ1v) is 5.65. The number of nitrogens with zero attached hydrogens (tertiary/aromatic N) is 2. The van der Waals surface area contributed by atoms with Crippen molar-refractivity contribution in [3.63, 3.8) is 0 Å². The van der Waals surface area contributed by atoms with Gasteiger partial charge in [0.25, 0.3) is 0 Å². The second-order valence-electron chi connectivity index (χ2n) is 3.79. The van der Waals surface area contributed by atoms with Crippen LogP contribution >= 0.6 is 36.4 Å². The lowest BCUT2D eigenvalue weighted by molar-refractivity contribution is 0.864. The monoisotopic (exact) mass is 298 g/mol. The highest BCUT2D eigenvalue weighted by molar-refractivity contribution is 6.28. The van der Waals surface area contributed by atoms with Crippen molar-refractivity contribution in [2.45, 2.75) is 25.2 Å². The first-order valence-electron chi connectivity index (χ1n) is 5.27. The molecular formula is C10H17Cl3N4. The summed E-state index contributed by atoms with van der Waals surface area (Å²) in [5, 5.41) is 3.56. The third-order valence-corrected chi connectivity index (χ3v) is 2.66. The van der Waals surface area contributed by atoms with Crippen molar-refractivity contribution in [3.8, 4) is 0 Å². The summed E-state index contributed by atoms with van der Waals surface area (Å²) < 4.78 is 0. The van der Waals surface area contributed by atoms with Crippen LogP contribution in [0.2, 0.25) is 5.28 Å². The van der Waals surface area contributed by atoms with Crippen LogP contribution in [0.15, 0.2) is 6.20 Å². The molecule has 0 spiro atoms. The van der Waals surface area contributed by atoms with Crippen LogP contribution in [0, 0.1) is 0 Å². The molecule has 4 nitrogen and oxygen atoms in total. The highest BCUT2D eigenvalue weighted by Crippen LogP contribution is 2.42. The summed E-state index contributed by atoms with van der Waals surface area (Å²) in [6.07, 6.45) is 5.23. The van der Waals surface area contributed by atoms with E-state index in [0.29, 0.717) is 17.7 Å². The van der Waals surface area contributed by atoms with Gasteiger partial charge in [0.2, 0.25) is 5.28 Å². The maximum absolute atomic E-state index is 5.77. The van der Waals surface area contributed by atoms with E-state index in [2.05, 4.69) is 15.3 Å². The molecule has 17 heavy (non-hydrogen) atoms. The molecule has 3 N–H and O–H groups in total. The minimum absolute atomic E-state index is 0. The van der Waals surface area contributed by atoms with Gasteiger partial charge in [-0.2, -0.15) is 0 Å². The van der Waals surface area contributed by atoms with Gasteiger partial charge in [0, 0.05) is 18.3 Å². The Morgan fingerprint density at radius 3 is 2.71 bits per heavy atom. The van der Waals surface area contributed by atoms with Crippen molar-refractivity contribution in [1.29, 1.82) is 0 Å². The Hall–Kier alpha value is -0.290. The van der Waals surface area contributed by atoms with E-state index in [1.165, 1.54) is 18.4 Å². The number of halogens is 3. The molecule has 1 saturated carbocycles. The van der Waals surface area contributed by atoms with E-state index in [-0.39, 0.29) is 24.8 Å². The van der Waals surface area contributed by atoms with Gasteiger partial charge in [-0.1, -0.05) is 0 Å². The first-order chi connectivity index (χ1) is 7.31. The third-order valence-electron chi connectivity index (χ3n) is 2.48. The molecule has 2 rings (SSSR count). The van der Waals surface area contributed by atoms with Crippen molar-refractivity contribution in [1.82, 2.24) is 9.97 Å². The summed E-state index contributed by atoms with van der Waals surface area (Å²) >= 11 is 5.77. The molecule has 1 aliphatic carbocycles. The van der Waals surface area contributed by atoms with E-state index in [1.807, 2.05) is 6.20 Å². The molecular weight excluding hydrogens is 282 g/mol. The van der Waals surface area contributed by atoms with Gasteiger partial charge in [-0.05, 0) is 43.3 Å². The topological polar surface area (TPSA) is 63.8 Å². The predicted octanol–water partition coefficient (Wildman–Crippen LogP) is 2.61. The van der Waals surface area contributed by atoms with Crippen LogP contribution in [0.25, 0.3) is 0 Å². The normalized spacial score (nSPS) is 13.5. The average Bonchev–Trinajstić information content (AvgIpc) is 3.02. The van der Waals surface area contributed by atoms with Gasteiger partial charge in [-0.3, -0.25) is 0 Å². The smallest absolute Gasteiger partial charge is 0.224 e. The van der Waals surface area contributed by atoms with Crippen molar-refractivity contribution >= 4 is 42.2 Å². The molecule has 98 valence electrons. The molecule has 0 saturated heterocycles. The lowest BCUT2D eigenvalue weighted by Crippen LogP contribution is -2.11. The zero-order chi connectivity index (χ0) is 10.7. The minimum atomic E-state index is 0. The standard InChI is InChI=1S/C10H15ClN4.2ClH/c11-10-14-6-8(7-2-3-7)9(15-10)13-5-1-4-12;;/h6-7H,1-5,12H2,(H,13,14,15);2*1H. The van der Waals surface area contributed by atoms with Crippen molar-refractivity contribution in [2.75, 3.05) is 18.4 Å². The summed E-state index contributed by atoms with van der Waals surface area (Å²) in [4.78, 5) is 8.23. The molecule has 0 radical (unpaired) electrons. The third kappa shape index (κ3) is 4.84. The van der Waals surface area contributed by atoms with Crippen molar-refractivity contribution < 1.29 is 0 Å². The molecule has 1 aromatic rings. The molecule has 1 heterocycles. The summed E-state index contributed by atoms with van der Waals surface area (Å²) in [6, 6.07) is 0. The van der Waals surface area contributed by atoms with Crippen LogP contribution in [-0.4, -0.2) is 23.1 Å². The molecule has 0 aliphatic heterocycles. The van der Waals surface area contributed by atoms with E-state index >= 15 is 0 Å². The molecule has 0 atom stereocenters. The van der Waals surface area contributed by atoms with E-state index in [0.717, 1.165) is 18.8 Å². The van der Waals surface area contributed by atoms with Crippen LogP contribution < -0.4 is 11.1 Å². The Labute approximate surface area is 119 Å². The number of nitrogens with one attached hydrogen (secondary N) is 1. The fraction of sp³-hybridized carbons (Fsp3) is 0.600. The lowest BCUT2D eigenvalue weighted by Gasteiger charge is -2.09. The quantitative estimate of drug-likeness (QED) is 0.648. The Kier molecular flexibility index (Phi) is 7.79. The van der Waals surface area contributed by atoms with Crippen LogP contribution in [-0.2, 0) is 0 Å². The molecule has 0 bridgehead atoms. The summed E-state index contributed by atoms with van der Waals surface area (Å²) in [5.74, 6) is 1.51. The zero-order valence-corrected chi connectivity index (χ0v) is 11.7. The molecule has 1 aromatic heterocycles. The molecule has 1 aliphatic rings. The zero-order valence-electron chi connectivity index (χ0n) is 9.36. The van der Waals surface area contributed by atoms with E-state index < -0.39 is 0 Å². The highest BCUT2D eigenvalue weighted by Gasteiger charge is 2.27. The molecule has 0 unspecified atom stereocenters. The maximum Gasteiger partial charge on any atom is 0.224 e. The summed E-state index contributed by atoms with van der Waals surface area (Å²) in [6.45, 7) is 1.52. The predicted molar refractivity (Wildman–Crippen MR) is 75.7 cm³/mol. The van der Waals surface area contributed by atoms with Gasteiger partial charge in [0.1, 0.15) is 5.82 Å². The number of anilines is 1. The number of hydrogen-bond acceptors (Lipinski definition) is 4. The Morgan fingerprint density at radius 2 is 2.12 bits per heavy atom. The van der Waals surface area contributed by atoms with E-state index in [4.69, 9.17) is 17.3 Å². The van der Waals surface area contributed by atoms with Gasteiger partial charge in [0.15, 0.2) is 0 Å². The number of aromatic nitrogens is 2. The van der Waals surface area contributed by atoms with Gasteiger partial charge in [-0.15, -0.1) is 24.8 Å². The molecule has 0 aromatic carbocycles. The van der Waals surface area contributed by atoms with Gasteiger partial charge in [-0.25, -0.2) is 9.97 Å². The largest absolute Gasteiger partial charge is 0.370 e. The summed E-state index contributed by atoms with van der Waals surface area (Å²) in [5.41, 5.74) is 6.63. The van der Waals surface area contributed by atoms with Gasteiger partial charge >= 0.3 is 0 Å². The Morgan fingerprint density at radius 1 is 1.41 bits per heavy atom. The SMILES string of the molecule is Cl.Cl.NCCCNc1nc(Cl)ncc1C1CC1. The summed E-state index contributed by atoms with van der Waals surface area (Å²) in [7, 11) is 0. The number of rotatable bonds is 5. The fourth-order valence-electron chi connectivity index (χ4n) is 1.51. The minimum Gasteiger partial charge on any atom is -0.370 e. The lowest BCUT2D eigenvalue weighted by atomic mass is 10.2. The second kappa shape index (κ2) is 7.93. The molecule has 0 amide bonds. The maximum atomic E-state index is 5.77. The van der Waals surface area contributed by atoms with E-state index in [9.17, 15) is 0 Å².